The van der Waals surface area contributed by atoms with Gasteiger partial charge < -0.3 is 9.64 Å². The van der Waals surface area contributed by atoms with Crippen LogP contribution in [0.25, 0.3) is 0 Å². The molecule has 0 saturated carbocycles. The van der Waals surface area contributed by atoms with E-state index in [-0.39, 0.29) is 17.2 Å². The first-order valence-electron chi connectivity index (χ1n) is 10.4. The highest BCUT2D eigenvalue weighted by molar-refractivity contribution is 7.92. The number of rotatable bonds is 9. The van der Waals surface area contributed by atoms with Crippen LogP contribution in [0.2, 0.25) is 0 Å². The standard InChI is InChI=1S/C25H26N2O5S/c1-19(32-25(29)22-15-9-10-16-23(22)26-33(2,30)31)24(28)27(17-20-11-5-3-6-12-20)18-21-13-7-4-8-14-21/h3-16,19,26H,17-18H2,1-2H3. The van der Waals surface area contributed by atoms with E-state index in [0.29, 0.717) is 13.1 Å². The third-order valence-electron chi connectivity index (χ3n) is 4.82. The average Bonchev–Trinajstić information content (AvgIpc) is 2.78. The fourth-order valence-corrected chi connectivity index (χ4v) is 3.88. The molecule has 0 aromatic heterocycles. The molecule has 8 heteroatoms. The molecule has 0 aliphatic rings. The Morgan fingerprint density at radius 2 is 1.33 bits per heavy atom. The van der Waals surface area contributed by atoms with Crippen LogP contribution in [-0.4, -0.2) is 37.6 Å². The normalized spacial score (nSPS) is 11.9. The minimum Gasteiger partial charge on any atom is -0.449 e. The molecular weight excluding hydrogens is 440 g/mol. The molecule has 0 fully saturated rings. The number of nitrogens with zero attached hydrogens (tertiary/aromatic N) is 1. The van der Waals surface area contributed by atoms with E-state index in [0.717, 1.165) is 17.4 Å². The zero-order valence-corrected chi connectivity index (χ0v) is 19.3. The summed E-state index contributed by atoms with van der Waals surface area (Å²) in [5.41, 5.74) is 2.02. The van der Waals surface area contributed by atoms with Crippen LogP contribution in [0.3, 0.4) is 0 Å². The summed E-state index contributed by atoms with van der Waals surface area (Å²) in [6.45, 7) is 2.21. The van der Waals surface area contributed by atoms with Crippen LogP contribution < -0.4 is 4.72 Å². The van der Waals surface area contributed by atoms with Gasteiger partial charge in [0.25, 0.3) is 5.91 Å². The van der Waals surface area contributed by atoms with Crippen LogP contribution in [0.5, 0.6) is 0 Å². The van der Waals surface area contributed by atoms with Crippen LogP contribution in [0.15, 0.2) is 84.9 Å². The Bertz CT molecular complexity index is 1160. The van der Waals surface area contributed by atoms with E-state index in [9.17, 15) is 18.0 Å². The predicted octanol–water partition coefficient (Wildman–Crippen LogP) is 3.83. The Balaban J connectivity index is 1.78. The second kappa shape index (κ2) is 10.8. The number of esters is 1. The molecule has 0 radical (unpaired) electrons. The topological polar surface area (TPSA) is 92.8 Å². The van der Waals surface area contributed by atoms with Gasteiger partial charge in [0.1, 0.15) is 0 Å². The Hall–Kier alpha value is -3.65. The number of ether oxygens (including phenoxy) is 1. The summed E-state index contributed by atoms with van der Waals surface area (Å²) in [4.78, 5) is 27.7. The maximum absolute atomic E-state index is 13.3. The third kappa shape index (κ3) is 7.18. The quantitative estimate of drug-likeness (QED) is 0.484. The molecule has 0 spiro atoms. The van der Waals surface area contributed by atoms with Crippen molar-refractivity contribution in [1.29, 1.82) is 0 Å². The molecule has 0 aliphatic carbocycles. The van der Waals surface area contributed by atoms with E-state index in [2.05, 4.69) is 4.72 Å². The monoisotopic (exact) mass is 466 g/mol. The van der Waals surface area contributed by atoms with Crippen molar-refractivity contribution in [2.45, 2.75) is 26.1 Å². The highest BCUT2D eigenvalue weighted by atomic mass is 32.2. The van der Waals surface area contributed by atoms with Gasteiger partial charge in [-0.3, -0.25) is 9.52 Å². The Morgan fingerprint density at radius 3 is 1.85 bits per heavy atom. The van der Waals surface area contributed by atoms with Gasteiger partial charge >= 0.3 is 5.97 Å². The van der Waals surface area contributed by atoms with Crippen molar-refractivity contribution in [3.63, 3.8) is 0 Å². The van der Waals surface area contributed by atoms with Crippen LogP contribution in [-0.2, 0) is 32.6 Å². The Kier molecular flexibility index (Phi) is 7.84. The lowest BCUT2D eigenvalue weighted by molar-refractivity contribution is -0.141. The molecule has 0 bridgehead atoms. The van der Waals surface area contributed by atoms with Gasteiger partial charge in [-0.25, -0.2) is 13.2 Å². The molecule has 172 valence electrons. The molecule has 3 rings (SSSR count). The molecule has 7 nitrogen and oxygen atoms in total. The average molecular weight is 467 g/mol. The van der Waals surface area contributed by atoms with Gasteiger partial charge in [0.2, 0.25) is 10.0 Å². The van der Waals surface area contributed by atoms with Crippen molar-refractivity contribution >= 4 is 27.6 Å². The lowest BCUT2D eigenvalue weighted by atomic mass is 10.1. The second-order valence-electron chi connectivity index (χ2n) is 7.63. The Labute approximate surface area is 194 Å². The second-order valence-corrected chi connectivity index (χ2v) is 9.38. The van der Waals surface area contributed by atoms with Gasteiger partial charge in [0.05, 0.1) is 17.5 Å². The lowest BCUT2D eigenvalue weighted by Crippen LogP contribution is -2.39. The number of benzene rings is 3. The summed E-state index contributed by atoms with van der Waals surface area (Å²) in [5, 5.41) is 0. The van der Waals surface area contributed by atoms with Gasteiger partial charge in [-0.2, -0.15) is 0 Å². The summed E-state index contributed by atoms with van der Waals surface area (Å²) < 4.78 is 31.0. The van der Waals surface area contributed by atoms with Crippen LogP contribution in [0.4, 0.5) is 5.69 Å². The molecule has 1 amide bonds. The van der Waals surface area contributed by atoms with Crippen LogP contribution in [0.1, 0.15) is 28.4 Å². The zero-order chi connectivity index (χ0) is 23.8. The first-order valence-corrected chi connectivity index (χ1v) is 12.3. The molecule has 0 aliphatic heterocycles. The molecule has 3 aromatic carbocycles. The van der Waals surface area contributed by atoms with Gasteiger partial charge in [-0.15, -0.1) is 0 Å². The van der Waals surface area contributed by atoms with Crippen molar-refractivity contribution in [2.75, 3.05) is 11.0 Å². The molecule has 0 saturated heterocycles. The van der Waals surface area contributed by atoms with Gasteiger partial charge in [-0.1, -0.05) is 72.8 Å². The summed E-state index contributed by atoms with van der Waals surface area (Å²) >= 11 is 0. The molecule has 3 aromatic rings. The first-order chi connectivity index (χ1) is 15.7. The number of hydrogen-bond donors (Lipinski definition) is 1. The van der Waals surface area contributed by atoms with Gasteiger partial charge in [0, 0.05) is 13.1 Å². The van der Waals surface area contributed by atoms with Crippen molar-refractivity contribution < 1.29 is 22.7 Å². The number of carbonyl (C=O) groups is 2. The van der Waals surface area contributed by atoms with E-state index in [4.69, 9.17) is 4.74 Å². The maximum Gasteiger partial charge on any atom is 0.341 e. The zero-order valence-electron chi connectivity index (χ0n) is 18.5. The van der Waals surface area contributed by atoms with Crippen molar-refractivity contribution in [3.05, 3.63) is 102 Å². The van der Waals surface area contributed by atoms with E-state index in [1.807, 2.05) is 60.7 Å². The van der Waals surface area contributed by atoms with Crippen molar-refractivity contribution in [2.24, 2.45) is 0 Å². The van der Waals surface area contributed by atoms with Crippen LogP contribution in [0, 0.1) is 0 Å². The summed E-state index contributed by atoms with van der Waals surface area (Å²) in [6, 6.07) is 25.2. The first kappa shape index (κ1) is 24.0. The number of sulfonamides is 1. The number of hydrogen-bond acceptors (Lipinski definition) is 5. The highest BCUT2D eigenvalue weighted by Crippen LogP contribution is 2.19. The van der Waals surface area contributed by atoms with E-state index in [1.165, 1.54) is 19.1 Å². The van der Waals surface area contributed by atoms with Crippen LogP contribution >= 0.6 is 0 Å². The predicted molar refractivity (Wildman–Crippen MR) is 127 cm³/mol. The largest absolute Gasteiger partial charge is 0.449 e. The molecule has 1 N–H and O–H groups in total. The summed E-state index contributed by atoms with van der Waals surface area (Å²) in [6.07, 6.45) is -0.0806. The molecule has 33 heavy (non-hydrogen) atoms. The highest BCUT2D eigenvalue weighted by Gasteiger charge is 2.26. The summed E-state index contributed by atoms with van der Waals surface area (Å²) in [5.74, 6) is -1.15. The molecule has 1 atom stereocenters. The molecule has 0 heterocycles. The van der Waals surface area contributed by atoms with E-state index < -0.39 is 22.1 Å². The van der Waals surface area contributed by atoms with E-state index >= 15 is 0 Å². The number of carbonyl (C=O) groups excluding carboxylic acids is 2. The number of nitrogens with one attached hydrogen (secondary N) is 1. The lowest BCUT2D eigenvalue weighted by Gasteiger charge is -2.26. The fraction of sp³-hybridized carbons (Fsp3) is 0.200. The third-order valence-corrected chi connectivity index (χ3v) is 5.41. The maximum atomic E-state index is 13.3. The van der Waals surface area contributed by atoms with Crippen molar-refractivity contribution in [3.8, 4) is 0 Å². The number of amides is 1. The molecule has 1 unspecified atom stereocenters. The number of para-hydroxylation sites is 1. The summed E-state index contributed by atoms with van der Waals surface area (Å²) in [7, 11) is -3.59. The number of anilines is 1. The molecular formula is C25H26N2O5S. The Morgan fingerprint density at radius 1 is 0.848 bits per heavy atom. The van der Waals surface area contributed by atoms with Crippen molar-refractivity contribution in [1.82, 2.24) is 4.90 Å². The minimum absolute atomic E-state index is 0.0280. The minimum atomic E-state index is -3.59. The van der Waals surface area contributed by atoms with Gasteiger partial charge in [0.15, 0.2) is 6.10 Å². The SMILES string of the molecule is CC(OC(=O)c1ccccc1NS(C)(=O)=O)C(=O)N(Cc1ccccc1)Cc1ccccc1. The van der Waals surface area contributed by atoms with E-state index in [1.54, 1.807) is 17.0 Å². The fourth-order valence-electron chi connectivity index (χ4n) is 3.30. The smallest absolute Gasteiger partial charge is 0.341 e. The van der Waals surface area contributed by atoms with Gasteiger partial charge in [-0.05, 0) is 30.2 Å².